The van der Waals surface area contributed by atoms with Crippen molar-refractivity contribution in [1.29, 1.82) is 0 Å². The Labute approximate surface area is 84.5 Å². The maximum atomic E-state index is 5.60. The van der Waals surface area contributed by atoms with Gasteiger partial charge in [-0.05, 0) is 20.4 Å². The van der Waals surface area contributed by atoms with E-state index in [0.29, 0.717) is 19.0 Å². The predicted molar refractivity (Wildman–Crippen MR) is 55.4 cm³/mol. The molecule has 1 rings (SSSR count). The lowest BCUT2D eigenvalue weighted by Crippen LogP contribution is -2.12. The standard InChI is InChI=1S/C10H17N3O/c1-4-14-10-9(7(2)5-11)6-12-8(3)13-10/h6-7H,4-5,11H2,1-3H3. The molecule has 0 spiro atoms. The summed E-state index contributed by atoms with van der Waals surface area (Å²) >= 11 is 0. The number of aryl methyl sites for hydroxylation is 1. The van der Waals surface area contributed by atoms with E-state index in [1.807, 2.05) is 20.8 Å². The molecule has 0 aliphatic heterocycles. The van der Waals surface area contributed by atoms with Gasteiger partial charge in [-0.1, -0.05) is 6.92 Å². The second kappa shape index (κ2) is 4.91. The minimum atomic E-state index is 0.233. The molecule has 0 fully saturated rings. The van der Waals surface area contributed by atoms with Crippen LogP contribution in [0, 0.1) is 6.92 Å². The summed E-state index contributed by atoms with van der Waals surface area (Å²) in [4.78, 5) is 8.39. The van der Waals surface area contributed by atoms with Crippen LogP contribution < -0.4 is 10.5 Å². The van der Waals surface area contributed by atoms with Gasteiger partial charge in [-0.25, -0.2) is 4.98 Å². The highest BCUT2D eigenvalue weighted by atomic mass is 16.5. The van der Waals surface area contributed by atoms with Gasteiger partial charge in [-0.3, -0.25) is 0 Å². The minimum absolute atomic E-state index is 0.233. The Morgan fingerprint density at radius 1 is 1.57 bits per heavy atom. The molecule has 1 aromatic rings. The fourth-order valence-corrected chi connectivity index (χ4v) is 1.18. The van der Waals surface area contributed by atoms with Crippen LogP contribution in [0.5, 0.6) is 5.88 Å². The summed E-state index contributed by atoms with van der Waals surface area (Å²) < 4.78 is 5.43. The molecule has 1 atom stereocenters. The van der Waals surface area contributed by atoms with Crippen molar-refractivity contribution in [2.24, 2.45) is 5.73 Å². The van der Waals surface area contributed by atoms with Crippen molar-refractivity contribution < 1.29 is 4.74 Å². The number of nitrogens with two attached hydrogens (primary N) is 1. The summed E-state index contributed by atoms with van der Waals surface area (Å²) in [5.41, 5.74) is 6.58. The fraction of sp³-hybridized carbons (Fsp3) is 0.600. The molecule has 0 saturated carbocycles. The summed E-state index contributed by atoms with van der Waals surface area (Å²) in [5, 5.41) is 0. The first-order valence-corrected chi connectivity index (χ1v) is 4.85. The van der Waals surface area contributed by atoms with E-state index in [-0.39, 0.29) is 5.92 Å². The molecule has 4 nitrogen and oxygen atoms in total. The van der Waals surface area contributed by atoms with E-state index >= 15 is 0 Å². The Morgan fingerprint density at radius 2 is 2.29 bits per heavy atom. The molecule has 0 aliphatic carbocycles. The Morgan fingerprint density at radius 3 is 2.86 bits per heavy atom. The maximum absolute atomic E-state index is 5.60. The van der Waals surface area contributed by atoms with Crippen LogP contribution >= 0.6 is 0 Å². The Bertz CT molecular complexity index is 301. The summed E-state index contributed by atoms with van der Waals surface area (Å²) in [6.45, 7) is 7.01. The Hall–Kier alpha value is -1.16. The zero-order chi connectivity index (χ0) is 10.6. The van der Waals surface area contributed by atoms with E-state index in [9.17, 15) is 0 Å². The average molecular weight is 195 g/mol. The molecule has 2 N–H and O–H groups in total. The third-order valence-corrected chi connectivity index (χ3v) is 2.07. The first-order chi connectivity index (χ1) is 6.69. The molecule has 1 aromatic heterocycles. The first kappa shape index (κ1) is 10.9. The highest BCUT2D eigenvalue weighted by Gasteiger charge is 2.12. The number of hydrogen-bond donors (Lipinski definition) is 1. The third-order valence-electron chi connectivity index (χ3n) is 2.07. The van der Waals surface area contributed by atoms with Crippen LogP contribution in [-0.2, 0) is 0 Å². The van der Waals surface area contributed by atoms with E-state index in [1.54, 1.807) is 6.20 Å². The summed E-state index contributed by atoms with van der Waals surface area (Å²) in [6, 6.07) is 0. The lowest BCUT2D eigenvalue weighted by Gasteiger charge is -2.13. The van der Waals surface area contributed by atoms with Gasteiger partial charge in [0.1, 0.15) is 5.82 Å². The topological polar surface area (TPSA) is 61.0 Å². The number of nitrogens with zero attached hydrogens (tertiary/aromatic N) is 2. The first-order valence-electron chi connectivity index (χ1n) is 4.85. The highest BCUT2D eigenvalue weighted by molar-refractivity contribution is 5.27. The van der Waals surface area contributed by atoms with Crippen molar-refractivity contribution in [3.8, 4) is 5.88 Å². The average Bonchev–Trinajstić information content (AvgIpc) is 2.17. The van der Waals surface area contributed by atoms with Crippen molar-refractivity contribution in [2.75, 3.05) is 13.2 Å². The molecule has 4 heteroatoms. The molecule has 0 saturated heterocycles. The highest BCUT2D eigenvalue weighted by Crippen LogP contribution is 2.22. The van der Waals surface area contributed by atoms with E-state index < -0.39 is 0 Å². The van der Waals surface area contributed by atoms with Crippen molar-refractivity contribution in [3.05, 3.63) is 17.6 Å². The zero-order valence-electron chi connectivity index (χ0n) is 8.95. The zero-order valence-corrected chi connectivity index (χ0v) is 8.95. The number of rotatable bonds is 4. The van der Waals surface area contributed by atoms with Crippen LogP contribution in [0.3, 0.4) is 0 Å². The summed E-state index contributed by atoms with van der Waals surface area (Å²) in [6.07, 6.45) is 1.80. The normalized spacial score (nSPS) is 12.6. The Kier molecular flexibility index (Phi) is 3.83. The molecule has 0 radical (unpaired) electrons. The van der Waals surface area contributed by atoms with E-state index in [2.05, 4.69) is 9.97 Å². The molecule has 1 heterocycles. The van der Waals surface area contributed by atoms with Crippen molar-refractivity contribution in [2.45, 2.75) is 26.7 Å². The van der Waals surface area contributed by atoms with Crippen LogP contribution in [0.25, 0.3) is 0 Å². The molecule has 0 bridgehead atoms. The lowest BCUT2D eigenvalue weighted by molar-refractivity contribution is 0.319. The molecular formula is C10H17N3O. The summed E-state index contributed by atoms with van der Waals surface area (Å²) in [7, 11) is 0. The largest absolute Gasteiger partial charge is 0.478 e. The fourth-order valence-electron chi connectivity index (χ4n) is 1.18. The third kappa shape index (κ3) is 2.42. The molecular weight excluding hydrogens is 178 g/mol. The van der Waals surface area contributed by atoms with Crippen LogP contribution in [0.4, 0.5) is 0 Å². The smallest absolute Gasteiger partial charge is 0.220 e. The van der Waals surface area contributed by atoms with Gasteiger partial charge < -0.3 is 10.5 Å². The lowest BCUT2D eigenvalue weighted by atomic mass is 10.0. The van der Waals surface area contributed by atoms with Crippen molar-refractivity contribution in [1.82, 2.24) is 9.97 Å². The van der Waals surface area contributed by atoms with E-state index in [0.717, 1.165) is 11.4 Å². The minimum Gasteiger partial charge on any atom is -0.478 e. The van der Waals surface area contributed by atoms with Gasteiger partial charge in [0, 0.05) is 17.7 Å². The molecule has 0 aromatic carbocycles. The predicted octanol–water partition coefficient (Wildman–Crippen LogP) is 1.25. The SMILES string of the molecule is CCOc1nc(C)ncc1C(C)CN. The molecule has 0 amide bonds. The van der Waals surface area contributed by atoms with Crippen LogP contribution in [0.2, 0.25) is 0 Å². The molecule has 0 aliphatic rings. The Balaban J connectivity index is 3.01. The molecule has 14 heavy (non-hydrogen) atoms. The van der Waals surface area contributed by atoms with Crippen LogP contribution in [0.15, 0.2) is 6.20 Å². The van der Waals surface area contributed by atoms with Crippen LogP contribution in [0.1, 0.15) is 31.2 Å². The van der Waals surface area contributed by atoms with Crippen LogP contribution in [-0.4, -0.2) is 23.1 Å². The number of hydrogen-bond acceptors (Lipinski definition) is 4. The molecule has 1 unspecified atom stereocenters. The van der Waals surface area contributed by atoms with Crippen molar-refractivity contribution >= 4 is 0 Å². The molecule has 78 valence electrons. The second-order valence-corrected chi connectivity index (χ2v) is 3.25. The van der Waals surface area contributed by atoms with Crippen molar-refractivity contribution in [3.63, 3.8) is 0 Å². The second-order valence-electron chi connectivity index (χ2n) is 3.25. The number of ether oxygens (including phenoxy) is 1. The quantitative estimate of drug-likeness (QED) is 0.785. The monoisotopic (exact) mass is 195 g/mol. The van der Waals surface area contributed by atoms with Gasteiger partial charge in [-0.2, -0.15) is 4.98 Å². The maximum Gasteiger partial charge on any atom is 0.220 e. The van der Waals surface area contributed by atoms with Gasteiger partial charge in [-0.15, -0.1) is 0 Å². The number of aromatic nitrogens is 2. The van der Waals surface area contributed by atoms with E-state index in [1.165, 1.54) is 0 Å². The van der Waals surface area contributed by atoms with Gasteiger partial charge in [0.2, 0.25) is 5.88 Å². The van der Waals surface area contributed by atoms with Gasteiger partial charge >= 0.3 is 0 Å². The summed E-state index contributed by atoms with van der Waals surface area (Å²) in [5.74, 6) is 1.62. The van der Waals surface area contributed by atoms with Gasteiger partial charge in [0.25, 0.3) is 0 Å². The van der Waals surface area contributed by atoms with Gasteiger partial charge in [0.05, 0.1) is 6.61 Å². The van der Waals surface area contributed by atoms with E-state index in [4.69, 9.17) is 10.5 Å². The van der Waals surface area contributed by atoms with Gasteiger partial charge in [0.15, 0.2) is 0 Å².